The number of halogens is 10. The van der Waals surface area contributed by atoms with Crippen molar-refractivity contribution in [2.24, 2.45) is 27.1 Å². The maximum absolute atomic E-state index is 12.3. The summed E-state index contributed by atoms with van der Waals surface area (Å²) in [5, 5.41) is 0. The maximum atomic E-state index is 12.3. The van der Waals surface area contributed by atoms with E-state index in [-0.39, 0.29) is 22.7 Å². The Bertz CT molecular complexity index is 576. The Hall–Kier alpha value is -0.700. The zero-order chi connectivity index (χ0) is 35.9. The summed E-state index contributed by atoms with van der Waals surface area (Å²) >= 11 is 0. The van der Waals surface area contributed by atoms with E-state index in [1.165, 1.54) is 20.8 Å². The first-order valence-corrected chi connectivity index (χ1v) is 14.3. The van der Waals surface area contributed by atoms with E-state index in [1.807, 2.05) is 62.3 Å². The lowest BCUT2D eigenvalue weighted by atomic mass is 9.89. The summed E-state index contributed by atoms with van der Waals surface area (Å²) in [5.74, 6) is -2.52. The van der Waals surface area contributed by atoms with Crippen LogP contribution in [0.4, 0.5) is 43.9 Å². The van der Waals surface area contributed by atoms with E-state index in [2.05, 4.69) is 0 Å². The Balaban J connectivity index is -0.000000136. The quantitative estimate of drug-likeness (QED) is 0.270. The van der Waals surface area contributed by atoms with E-state index < -0.39 is 54.3 Å². The molecule has 0 N–H and O–H groups in total. The fraction of sp³-hybridized carbons (Fsp3) is 1.00. The number of hydrogen-bond acceptors (Lipinski definition) is 0. The van der Waals surface area contributed by atoms with Gasteiger partial charge in [-0.2, -0.15) is 13.2 Å². The van der Waals surface area contributed by atoms with Crippen molar-refractivity contribution in [3.8, 4) is 0 Å². The minimum Gasteiger partial charge on any atom is -0.248 e. The van der Waals surface area contributed by atoms with Gasteiger partial charge in [-0.3, -0.25) is 0 Å². The fourth-order valence-corrected chi connectivity index (χ4v) is 2.75. The molecule has 3 atom stereocenters. The van der Waals surface area contributed by atoms with E-state index in [0.29, 0.717) is 6.42 Å². The van der Waals surface area contributed by atoms with Gasteiger partial charge in [0.05, 0.1) is 6.17 Å². The van der Waals surface area contributed by atoms with Crippen molar-refractivity contribution in [2.45, 2.75) is 181 Å². The molecule has 0 amide bonds. The highest BCUT2D eigenvalue weighted by molar-refractivity contribution is 4.74. The van der Waals surface area contributed by atoms with Gasteiger partial charge < -0.3 is 0 Å². The number of rotatable bonds is 3. The molecule has 0 aliphatic rings. The third-order valence-electron chi connectivity index (χ3n) is 4.71. The van der Waals surface area contributed by atoms with E-state index in [9.17, 15) is 43.9 Å². The van der Waals surface area contributed by atoms with Crippen LogP contribution in [0.1, 0.15) is 144 Å². The Morgan fingerprint density at radius 2 is 0.738 bits per heavy atom. The van der Waals surface area contributed by atoms with Crippen molar-refractivity contribution in [1.29, 1.82) is 0 Å². The largest absolute Gasteiger partial charge is 0.389 e. The molecule has 0 aromatic heterocycles. The Morgan fingerprint density at radius 1 is 0.452 bits per heavy atom. The molecule has 0 nitrogen and oxygen atoms in total. The SMILES string of the molecule is CC(C)(C)C(F)C(F)F.CC(C)(C)CC(C)(F)F.CC(C)(C)CC(F)(F)F.CC(F)C(C)(C)C.CC(F)CC(C)(C)C. The van der Waals surface area contributed by atoms with Crippen LogP contribution in [0.2, 0.25) is 0 Å². The van der Waals surface area contributed by atoms with Crippen molar-refractivity contribution < 1.29 is 43.9 Å². The molecule has 10 heteroatoms. The smallest absolute Gasteiger partial charge is 0.248 e. The molecule has 0 aromatic rings. The highest BCUT2D eigenvalue weighted by Crippen LogP contribution is 2.32. The van der Waals surface area contributed by atoms with E-state index in [4.69, 9.17) is 0 Å². The predicted molar refractivity (Wildman–Crippen MR) is 160 cm³/mol. The van der Waals surface area contributed by atoms with Crippen molar-refractivity contribution in [3.63, 3.8) is 0 Å². The third-order valence-corrected chi connectivity index (χ3v) is 4.71. The topological polar surface area (TPSA) is 0 Å². The highest BCUT2D eigenvalue weighted by atomic mass is 19.4. The predicted octanol–water partition coefficient (Wildman–Crippen LogP) is 13.9. The van der Waals surface area contributed by atoms with Crippen LogP contribution >= 0.6 is 0 Å². The van der Waals surface area contributed by atoms with Crippen LogP contribution in [0.5, 0.6) is 0 Å². The average molecular weight is 639 g/mol. The molecule has 0 aliphatic heterocycles. The highest BCUT2D eigenvalue weighted by Gasteiger charge is 2.34. The Morgan fingerprint density at radius 3 is 0.738 bits per heavy atom. The molecular weight excluding hydrogens is 574 g/mol. The summed E-state index contributed by atoms with van der Waals surface area (Å²) in [5.41, 5.74) is -1.86. The Labute approximate surface area is 252 Å². The monoisotopic (exact) mass is 638 g/mol. The average Bonchev–Trinajstić information content (AvgIpc) is 2.52. The minimum absolute atomic E-state index is 0.0417. The summed E-state index contributed by atoms with van der Waals surface area (Å²) in [6, 6.07) is 0. The lowest BCUT2D eigenvalue weighted by Gasteiger charge is -2.22. The van der Waals surface area contributed by atoms with E-state index in [0.717, 1.165) is 6.92 Å². The summed E-state index contributed by atoms with van der Waals surface area (Å²) in [6.07, 6.45) is -10.3. The van der Waals surface area contributed by atoms with Gasteiger partial charge in [-0.15, -0.1) is 0 Å². The van der Waals surface area contributed by atoms with Crippen LogP contribution in [-0.4, -0.2) is 37.0 Å². The fourth-order valence-electron chi connectivity index (χ4n) is 2.75. The van der Waals surface area contributed by atoms with Crippen molar-refractivity contribution in [1.82, 2.24) is 0 Å². The van der Waals surface area contributed by atoms with Crippen molar-refractivity contribution in [3.05, 3.63) is 0 Å². The molecule has 262 valence electrons. The second kappa shape index (κ2) is 19.6. The van der Waals surface area contributed by atoms with Crippen LogP contribution in [0.3, 0.4) is 0 Å². The van der Waals surface area contributed by atoms with Crippen LogP contribution in [0.15, 0.2) is 0 Å². The lowest BCUT2D eigenvalue weighted by Crippen LogP contribution is -2.28. The molecule has 3 unspecified atom stereocenters. The molecule has 0 fully saturated rings. The zero-order valence-electron chi connectivity index (χ0n) is 29.7. The van der Waals surface area contributed by atoms with Gasteiger partial charge in [0.15, 0.2) is 6.17 Å². The molecule has 0 saturated carbocycles. The van der Waals surface area contributed by atoms with Gasteiger partial charge in [0.1, 0.15) is 6.17 Å². The van der Waals surface area contributed by atoms with Crippen molar-refractivity contribution >= 4 is 0 Å². The molecule has 0 bridgehead atoms. The lowest BCUT2D eigenvalue weighted by molar-refractivity contribution is -0.152. The first kappa shape index (κ1) is 50.9. The second-order valence-electron chi connectivity index (χ2n) is 16.8. The zero-order valence-corrected chi connectivity index (χ0v) is 29.7. The van der Waals surface area contributed by atoms with Gasteiger partial charge in [0, 0.05) is 12.8 Å². The maximum Gasteiger partial charge on any atom is 0.389 e. The summed E-state index contributed by atoms with van der Waals surface area (Å²) < 4.78 is 119. The molecule has 0 aliphatic carbocycles. The van der Waals surface area contributed by atoms with Crippen molar-refractivity contribution in [2.75, 3.05) is 0 Å². The van der Waals surface area contributed by atoms with Gasteiger partial charge in [0.25, 0.3) is 6.43 Å². The molecule has 0 saturated heterocycles. The molecule has 0 spiro atoms. The van der Waals surface area contributed by atoms with Crippen LogP contribution in [0, 0.1) is 27.1 Å². The first-order valence-electron chi connectivity index (χ1n) is 14.3. The van der Waals surface area contributed by atoms with E-state index >= 15 is 0 Å². The summed E-state index contributed by atoms with van der Waals surface area (Å²) in [7, 11) is 0. The number of alkyl halides is 10. The molecule has 0 rings (SSSR count). The second-order valence-corrected chi connectivity index (χ2v) is 16.8. The summed E-state index contributed by atoms with van der Waals surface area (Å²) in [6.45, 7) is 30.4. The normalized spacial score (nSPS) is 15.4. The van der Waals surface area contributed by atoms with Crippen LogP contribution < -0.4 is 0 Å². The number of hydrogen-bond donors (Lipinski definition) is 0. The molecule has 0 aromatic carbocycles. The van der Waals surface area contributed by atoms with Crippen LogP contribution in [-0.2, 0) is 0 Å². The summed E-state index contributed by atoms with van der Waals surface area (Å²) in [4.78, 5) is 0. The van der Waals surface area contributed by atoms with Crippen LogP contribution in [0.25, 0.3) is 0 Å². The molecule has 0 radical (unpaired) electrons. The minimum atomic E-state index is -4.02. The van der Waals surface area contributed by atoms with Gasteiger partial charge >= 0.3 is 6.18 Å². The van der Waals surface area contributed by atoms with E-state index in [1.54, 1.807) is 34.6 Å². The standard InChI is InChI=1S/C7H14F2.C7H15F.2C6H11F3.C6H13F/c1-6(2,3)5-7(4,8)9;1-6(8)5-7(2,3)4;1-6(2,3)4(7)5(8)9;1-5(2,3)4-6(7,8)9;1-5(7)6(2,3)4/h5H2,1-4H3;6H,5H2,1-4H3;4-5H,1-3H3;4H2,1-3H3;5H,1-4H3. The molecular formula is C32H64F10. The molecule has 0 heterocycles. The first-order chi connectivity index (χ1) is 17.6. The van der Waals surface area contributed by atoms with Gasteiger partial charge in [-0.05, 0) is 54.3 Å². The Kier molecular flexibility index (Phi) is 23.8. The van der Waals surface area contributed by atoms with Gasteiger partial charge in [-0.1, -0.05) is 104 Å². The third kappa shape index (κ3) is 55.3. The van der Waals surface area contributed by atoms with Gasteiger partial charge in [0.2, 0.25) is 5.92 Å². The molecule has 42 heavy (non-hydrogen) atoms. The van der Waals surface area contributed by atoms with Gasteiger partial charge in [-0.25, -0.2) is 30.7 Å².